The van der Waals surface area contributed by atoms with E-state index < -0.39 is 17.6 Å². The third-order valence-electron chi connectivity index (χ3n) is 4.76. The van der Waals surface area contributed by atoms with Gasteiger partial charge in [0.2, 0.25) is 0 Å². The molecular formula is C24H26F2O2. The van der Waals surface area contributed by atoms with Crippen molar-refractivity contribution in [2.75, 3.05) is 0 Å². The number of benzene rings is 2. The Bertz CT molecular complexity index is 888. The van der Waals surface area contributed by atoms with Crippen LogP contribution in [0.25, 0.3) is 11.6 Å². The van der Waals surface area contributed by atoms with E-state index in [1.807, 2.05) is 19.1 Å². The molecule has 0 atom stereocenters. The lowest BCUT2D eigenvalue weighted by Gasteiger charge is -2.16. The molecule has 0 aliphatic heterocycles. The largest absolute Gasteiger partial charge is 0.478 e. The van der Waals surface area contributed by atoms with Crippen LogP contribution in [-0.4, -0.2) is 11.1 Å². The fourth-order valence-corrected chi connectivity index (χ4v) is 3.38. The summed E-state index contributed by atoms with van der Waals surface area (Å²) in [5.41, 5.74) is 4.63. The molecule has 0 amide bonds. The molecular weight excluding hydrogens is 358 g/mol. The standard InChI is InChI=1S/C24H26F2O2/c1-4-8-19(20-10-7-6-9-18(20)5-2)16(3)13-21-22(25)14-17(15-23(21)26)11-12-24(27)28/h6-7,9-12,14-15H,4-5,8,13H2,1-3H3,(H,27,28)/b12-11+,19-16+. The van der Waals surface area contributed by atoms with Gasteiger partial charge in [0.1, 0.15) is 11.6 Å². The van der Waals surface area contributed by atoms with Crippen molar-refractivity contribution in [2.24, 2.45) is 0 Å². The van der Waals surface area contributed by atoms with Crippen molar-refractivity contribution in [2.45, 2.75) is 46.5 Å². The van der Waals surface area contributed by atoms with Crippen molar-refractivity contribution in [1.82, 2.24) is 0 Å². The van der Waals surface area contributed by atoms with Crippen LogP contribution in [0.5, 0.6) is 0 Å². The highest BCUT2D eigenvalue weighted by molar-refractivity contribution is 5.85. The molecule has 0 saturated heterocycles. The van der Waals surface area contributed by atoms with E-state index in [0.29, 0.717) is 0 Å². The average molecular weight is 384 g/mol. The number of carboxylic acid groups (broad SMARTS) is 1. The van der Waals surface area contributed by atoms with Gasteiger partial charge in [-0.15, -0.1) is 0 Å². The van der Waals surface area contributed by atoms with Gasteiger partial charge in [0.15, 0.2) is 0 Å². The zero-order valence-corrected chi connectivity index (χ0v) is 16.6. The molecule has 0 saturated carbocycles. The Hall–Kier alpha value is -2.75. The third kappa shape index (κ3) is 5.38. The summed E-state index contributed by atoms with van der Waals surface area (Å²) in [6.45, 7) is 6.11. The van der Waals surface area contributed by atoms with Gasteiger partial charge in [-0.3, -0.25) is 0 Å². The van der Waals surface area contributed by atoms with Crippen LogP contribution in [0.1, 0.15) is 55.9 Å². The van der Waals surface area contributed by atoms with Crippen molar-refractivity contribution in [1.29, 1.82) is 0 Å². The maximum Gasteiger partial charge on any atom is 0.328 e. The topological polar surface area (TPSA) is 37.3 Å². The molecule has 2 aromatic rings. The van der Waals surface area contributed by atoms with E-state index in [9.17, 15) is 13.6 Å². The predicted molar refractivity (Wildman–Crippen MR) is 110 cm³/mol. The summed E-state index contributed by atoms with van der Waals surface area (Å²) < 4.78 is 29.1. The molecule has 0 aromatic heterocycles. The molecule has 28 heavy (non-hydrogen) atoms. The van der Waals surface area contributed by atoms with Crippen molar-refractivity contribution < 1.29 is 18.7 Å². The first-order valence-corrected chi connectivity index (χ1v) is 9.53. The van der Waals surface area contributed by atoms with Crippen LogP contribution in [0.15, 0.2) is 48.0 Å². The molecule has 0 bridgehead atoms. The van der Waals surface area contributed by atoms with Gasteiger partial charge in [-0.2, -0.15) is 0 Å². The van der Waals surface area contributed by atoms with E-state index in [4.69, 9.17) is 5.11 Å². The molecule has 0 spiro atoms. The van der Waals surface area contributed by atoms with Crippen LogP contribution in [-0.2, 0) is 17.6 Å². The smallest absolute Gasteiger partial charge is 0.328 e. The number of allylic oxidation sites excluding steroid dienone is 2. The quantitative estimate of drug-likeness (QED) is 0.532. The van der Waals surface area contributed by atoms with Gasteiger partial charge in [-0.1, -0.05) is 50.1 Å². The SMILES string of the molecule is CCC/C(=C(/C)Cc1c(F)cc(/C=C/C(=O)O)cc1F)c1ccccc1CC. The Balaban J connectivity index is 2.44. The van der Waals surface area contributed by atoms with Crippen LogP contribution in [0.3, 0.4) is 0 Å². The zero-order chi connectivity index (χ0) is 20.7. The zero-order valence-electron chi connectivity index (χ0n) is 16.6. The molecule has 0 aliphatic rings. The number of aliphatic carboxylic acids is 1. The summed E-state index contributed by atoms with van der Waals surface area (Å²) in [7, 11) is 0. The maximum absolute atomic E-state index is 14.5. The Morgan fingerprint density at radius 2 is 1.75 bits per heavy atom. The summed E-state index contributed by atoms with van der Waals surface area (Å²) in [6, 6.07) is 10.5. The van der Waals surface area contributed by atoms with Crippen LogP contribution in [0.2, 0.25) is 0 Å². The number of carbonyl (C=O) groups is 1. The van der Waals surface area contributed by atoms with Crippen molar-refractivity contribution in [3.05, 3.63) is 81.9 Å². The highest BCUT2D eigenvalue weighted by atomic mass is 19.1. The van der Waals surface area contributed by atoms with Gasteiger partial charge in [-0.25, -0.2) is 13.6 Å². The predicted octanol–water partition coefficient (Wildman–Crippen LogP) is 6.44. The number of rotatable bonds is 8. The third-order valence-corrected chi connectivity index (χ3v) is 4.76. The fraction of sp³-hybridized carbons (Fsp3) is 0.292. The Kier molecular flexibility index (Phi) is 7.68. The first-order valence-electron chi connectivity index (χ1n) is 9.53. The van der Waals surface area contributed by atoms with E-state index in [0.717, 1.165) is 42.0 Å². The molecule has 0 aliphatic carbocycles. The van der Waals surface area contributed by atoms with E-state index in [2.05, 4.69) is 26.0 Å². The van der Waals surface area contributed by atoms with Crippen molar-refractivity contribution in [3.63, 3.8) is 0 Å². The number of hydrogen-bond acceptors (Lipinski definition) is 1. The van der Waals surface area contributed by atoms with E-state index in [1.54, 1.807) is 0 Å². The lowest BCUT2D eigenvalue weighted by molar-refractivity contribution is -0.131. The lowest BCUT2D eigenvalue weighted by atomic mass is 9.89. The number of halogens is 2. The van der Waals surface area contributed by atoms with Crippen LogP contribution < -0.4 is 0 Å². The monoisotopic (exact) mass is 384 g/mol. The summed E-state index contributed by atoms with van der Waals surface area (Å²) >= 11 is 0. The van der Waals surface area contributed by atoms with E-state index in [-0.39, 0.29) is 17.5 Å². The van der Waals surface area contributed by atoms with Crippen LogP contribution in [0.4, 0.5) is 8.78 Å². The second kappa shape index (κ2) is 9.98. The minimum Gasteiger partial charge on any atom is -0.478 e. The highest BCUT2D eigenvalue weighted by Crippen LogP contribution is 2.30. The molecule has 0 fully saturated rings. The summed E-state index contributed by atoms with van der Waals surface area (Å²) in [5.74, 6) is -2.49. The molecule has 2 aromatic carbocycles. The normalized spacial score (nSPS) is 12.3. The first-order chi connectivity index (χ1) is 13.4. The maximum atomic E-state index is 14.5. The first kappa shape index (κ1) is 21.5. The second-order valence-corrected chi connectivity index (χ2v) is 6.83. The molecule has 148 valence electrons. The minimum atomic E-state index is -1.16. The molecule has 1 N–H and O–H groups in total. The van der Waals surface area contributed by atoms with Crippen LogP contribution in [0, 0.1) is 11.6 Å². The summed E-state index contributed by atoms with van der Waals surface area (Å²) in [6.07, 6.45) is 4.89. The number of aryl methyl sites for hydroxylation is 1. The summed E-state index contributed by atoms with van der Waals surface area (Å²) in [5, 5.41) is 8.67. The molecule has 2 rings (SSSR count). The molecule has 2 nitrogen and oxygen atoms in total. The molecule has 0 heterocycles. The lowest BCUT2D eigenvalue weighted by Crippen LogP contribution is -2.02. The van der Waals surface area contributed by atoms with Gasteiger partial charge in [-0.05, 0) is 66.7 Å². The summed E-state index contributed by atoms with van der Waals surface area (Å²) in [4.78, 5) is 10.6. The Labute approximate surface area is 165 Å². The minimum absolute atomic E-state index is 0.00700. The molecule has 0 radical (unpaired) electrons. The van der Waals surface area contributed by atoms with E-state index in [1.165, 1.54) is 23.8 Å². The number of carboxylic acids is 1. The number of hydrogen-bond donors (Lipinski definition) is 1. The molecule has 4 heteroatoms. The van der Waals surface area contributed by atoms with Crippen molar-refractivity contribution >= 4 is 17.6 Å². The van der Waals surface area contributed by atoms with Gasteiger partial charge < -0.3 is 5.11 Å². The fourth-order valence-electron chi connectivity index (χ4n) is 3.38. The van der Waals surface area contributed by atoms with Crippen LogP contribution >= 0.6 is 0 Å². The van der Waals surface area contributed by atoms with Gasteiger partial charge in [0.25, 0.3) is 0 Å². The van der Waals surface area contributed by atoms with Gasteiger partial charge >= 0.3 is 5.97 Å². The van der Waals surface area contributed by atoms with Crippen molar-refractivity contribution in [3.8, 4) is 0 Å². The Morgan fingerprint density at radius 1 is 1.11 bits per heavy atom. The molecule has 0 unspecified atom stereocenters. The second-order valence-electron chi connectivity index (χ2n) is 6.83. The van der Waals surface area contributed by atoms with Gasteiger partial charge in [0.05, 0.1) is 0 Å². The van der Waals surface area contributed by atoms with Gasteiger partial charge in [0, 0.05) is 11.6 Å². The van der Waals surface area contributed by atoms with E-state index >= 15 is 0 Å². The Morgan fingerprint density at radius 3 is 2.32 bits per heavy atom. The average Bonchev–Trinajstić information content (AvgIpc) is 2.67. The highest BCUT2D eigenvalue weighted by Gasteiger charge is 2.15.